The Morgan fingerprint density at radius 2 is 2.22 bits per heavy atom. The zero-order chi connectivity index (χ0) is 13.2. The van der Waals surface area contributed by atoms with Gasteiger partial charge in [0.15, 0.2) is 0 Å². The summed E-state index contributed by atoms with van der Waals surface area (Å²) in [7, 11) is 1.81. The average Bonchev–Trinajstić information content (AvgIpc) is 2.38. The first-order valence-corrected chi connectivity index (χ1v) is 6.68. The summed E-state index contributed by atoms with van der Waals surface area (Å²) in [4.78, 5) is 2.41. The molecule has 2 rings (SSSR count). The Kier molecular flexibility index (Phi) is 3.93. The van der Waals surface area contributed by atoms with Gasteiger partial charge in [-0.15, -0.1) is 0 Å². The molecule has 0 amide bonds. The molecule has 1 fully saturated rings. The van der Waals surface area contributed by atoms with E-state index in [-0.39, 0.29) is 5.60 Å². The van der Waals surface area contributed by atoms with Crippen molar-refractivity contribution in [1.82, 2.24) is 0 Å². The smallest absolute Gasteiger partial charge is 0.0825 e. The fraction of sp³-hybridized carbons (Fsp3) is 0.600. The quantitative estimate of drug-likeness (QED) is 0.893. The highest BCUT2D eigenvalue weighted by molar-refractivity contribution is 5.55. The molecule has 0 saturated carbocycles. The molecule has 3 nitrogen and oxygen atoms in total. The maximum Gasteiger partial charge on any atom is 0.0825 e. The van der Waals surface area contributed by atoms with Crippen molar-refractivity contribution in [3.63, 3.8) is 0 Å². The van der Waals surface area contributed by atoms with Crippen molar-refractivity contribution in [1.29, 1.82) is 0 Å². The molecule has 0 radical (unpaired) electrons. The van der Waals surface area contributed by atoms with E-state index in [9.17, 15) is 0 Å². The molecule has 1 aromatic carbocycles. The zero-order valence-electron chi connectivity index (χ0n) is 11.7. The van der Waals surface area contributed by atoms with Crippen LogP contribution in [0.25, 0.3) is 0 Å². The fourth-order valence-electron chi connectivity index (χ4n) is 2.76. The third kappa shape index (κ3) is 2.68. The maximum atomic E-state index is 5.87. The second-order valence-electron chi connectivity index (χ2n) is 5.52. The lowest BCUT2D eigenvalue weighted by molar-refractivity contribution is -0.00468. The van der Waals surface area contributed by atoms with Crippen LogP contribution >= 0.6 is 0 Å². The summed E-state index contributed by atoms with van der Waals surface area (Å²) >= 11 is 0. The number of hydrogen-bond acceptors (Lipinski definition) is 3. The second-order valence-corrected chi connectivity index (χ2v) is 5.52. The number of aryl methyl sites for hydroxylation is 1. The van der Waals surface area contributed by atoms with Crippen LogP contribution in [0.4, 0.5) is 5.69 Å². The highest BCUT2D eigenvalue weighted by Gasteiger charge is 2.31. The first-order valence-electron chi connectivity index (χ1n) is 6.68. The van der Waals surface area contributed by atoms with Crippen LogP contribution in [0.15, 0.2) is 18.2 Å². The summed E-state index contributed by atoms with van der Waals surface area (Å²) in [6.45, 7) is 6.93. The molecule has 1 atom stereocenters. The van der Waals surface area contributed by atoms with Gasteiger partial charge in [-0.05, 0) is 38.3 Å². The van der Waals surface area contributed by atoms with Crippen molar-refractivity contribution in [2.75, 3.05) is 25.1 Å². The van der Waals surface area contributed by atoms with E-state index >= 15 is 0 Å². The highest BCUT2D eigenvalue weighted by Crippen LogP contribution is 2.30. The Hall–Kier alpha value is -1.06. The van der Waals surface area contributed by atoms with E-state index in [4.69, 9.17) is 10.5 Å². The molecule has 1 saturated heterocycles. The molecule has 0 spiro atoms. The number of hydrogen-bond donors (Lipinski definition) is 1. The number of benzene rings is 1. The van der Waals surface area contributed by atoms with Crippen LogP contribution in [0.3, 0.4) is 0 Å². The lowest BCUT2D eigenvalue weighted by Gasteiger charge is -2.41. The average molecular weight is 248 g/mol. The Morgan fingerprint density at radius 3 is 2.89 bits per heavy atom. The number of nitrogens with zero attached hydrogens (tertiary/aromatic N) is 1. The van der Waals surface area contributed by atoms with Crippen LogP contribution in [0.2, 0.25) is 0 Å². The van der Waals surface area contributed by atoms with Gasteiger partial charge < -0.3 is 15.4 Å². The third-order valence-electron chi connectivity index (χ3n) is 3.95. The Morgan fingerprint density at radius 1 is 1.44 bits per heavy atom. The summed E-state index contributed by atoms with van der Waals surface area (Å²) in [5.74, 6) is 0. The van der Waals surface area contributed by atoms with Crippen molar-refractivity contribution >= 4 is 5.69 Å². The van der Waals surface area contributed by atoms with E-state index in [1.807, 2.05) is 7.11 Å². The minimum Gasteiger partial charge on any atom is -0.377 e. The maximum absolute atomic E-state index is 5.87. The molecule has 2 N–H and O–H groups in total. The minimum atomic E-state index is -0.0327. The number of piperidine rings is 1. The predicted octanol–water partition coefficient (Wildman–Crippen LogP) is 2.46. The van der Waals surface area contributed by atoms with E-state index in [1.54, 1.807) is 0 Å². The normalized spacial score (nSPS) is 24.3. The molecule has 1 aromatic rings. The number of rotatable bonds is 3. The molecule has 18 heavy (non-hydrogen) atoms. The van der Waals surface area contributed by atoms with Gasteiger partial charge >= 0.3 is 0 Å². The molecule has 3 heteroatoms. The molecule has 1 heterocycles. The highest BCUT2D eigenvalue weighted by atomic mass is 16.5. The SMILES string of the molecule is COC1(C)CCCN(c2ccc(C)cc2CN)C1. The summed E-state index contributed by atoms with van der Waals surface area (Å²) in [6, 6.07) is 6.54. The van der Waals surface area contributed by atoms with Gasteiger partial charge in [0.1, 0.15) is 0 Å². The van der Waals surface area contributed by atoms with Gasteiger partial charge in [0, 0.05) is 32.4 Å². The fourth-order valence-corrected chi connectivity index (χ4v) is 2.76. The van der Waals surface area contributed by atoms with Crippen molar-refractivity contribution in [2.24, 2.45) is 5.73 Å². The first-order chi connectivity index (χ1) is 8.58. The first kappa shape index (κ1) is 13.4. The lowest BCUT2D eigenvalue weighted by Crippen LogP contribution is -2.47. The van der Waals surface area contributed by atoms with E-state index in [0.29, 0.717) is 6.54 Å². The van der Waals surface area contributed by atoms with Gasteiger partial charge in [0.25, 0.3) is 0 Å². The van der Waals surface area contributed by atoms with Crippen LogP contribution < -0.4 is 10.6 Å². The van der Waals surface area contributed by atoms with Crippen LogP contribution in [0, 0.1) is 6.92 Å². The number of methoxy groups -OCH3 is 1. The molecule has 1 unspecified atom stereocenters. The predicted molar refractivity (Wildman–Crippen MR) is 75.9 cm³/mol. The van der Waals surface area contributed by atoms with Gasteiger partial charge in [0.05, 0.1) is 5.60 Å². The molecular formula is C15H24N2O. The van der Waals surface area contributed by atoms with Crippen molar-refractivity contribution in [3.8, 4) is 0 Å². The van der Waals surface area contributed by atoms with Crippen LogP contribution in [0.1, 0.15) is 30.9 Å². The molecular weight excluding hydrogens is 224 g/mol. The van der Waals surface area contributed by atoms with Gasteiger partial charge in [-0.25, -0.2) is 0 Å². The largest absolute Gasteiger partial charge is 0.377 e. The Balaban J connectivity index is 2.25. The monoisotopic (exact) mass is 248 g/mol. The van der Waals surface area contributed by atoms with Crippen LogP contribution in [0.5, 0.6) is 0 Å². The molecule has 0 aromatic heterocycles. The number of nitrogens with two attached hydrogens (primary N) is 1. The van der Waals surface area contributed by atoms with Gasteiger partial charge in [-0.1, -0.05) is 17.7 Å². The molecule has 100 valence electrons. The molecule has 1 aliphatic heterocycles. The van der Waals surface area contributed by atoms with Crippen molar-refractivity contribution in [3.05, 3.63) is 29.3 Å². The minimum absolute atomic E-state index is 0.0327. The summed E-state index contributed by atoms with van der Waals surface area (Å²) < 4.78 is 5.65. The molecule has 1 aliphatic rings. The summed E-state index contributed by atoms with van der Waals surface area (Å²) in [5, 5.41) is 0. The van der Waals surface area contributed by atoms with Gasteiger partial charge in [-0.3, -0.25) is 0 Å². The number of ether oxygens (including phenoxy) is 1. The van der Waals surface area contributed by atoms with E-state index < -0.39 is 0 Å². The third-order valence-corrected chi connectivity index (χ3v) is 3.95. The molecule has 0 bridgehead atoms. The van der Waals surface area contributed by atoms with E-state index in [2.05, 4.69) is 36.9 Å². The van der Waals surface area contributed by atoms with Crippen molar-refractivity contribution in [2.45, 2.75) is 38.8 Å². The number of anilines is 1. The van der Waals surface area contributed by atoms with Gasteiger partial charge in [-0.2, -0.15) is 0 Å². The van der Waals surface area contributed by atoms with E-state index in [0.717, 1.165) is 19.5 Å². The van der Waals surface area contributed by atoms with Crippen LogP contribution in [-0.4, -0.2) is 25.8 Å². The Labute approximate surface area is 110 Å². The summed E-state index contributed by atoms with van der Waals surface area (Å²) in [6.07, 6.45) is 2.30. The topological polar surface area (TPSA) is 38.5 Å². The zero-order valence-corrected chi connectivity index (χ0v) is 11.7. The Bertz CT molecular complexity index is 419. The standard InChI is InChI=1S/C15H24N2O/c1-12-5-6-14(13(9-12)10-16)17-8-4-7-15(2,11-17)18-3/h5-6,9H,4,7-8,10-11,16H2,1-3H3. The molecule has 0 aliphatic carbocycles. The lowest BCUT2D eigenvalue weighted by atomic mass is 9.93. The van der Waals surface area contributed by atoms with Gasteiger partial charge in [0.2, 0.25) is 0 Å². The second kappa shape index (κ2) is 5.29. The van der Waals surface area contributed by atoms with E-state index in [1.165, 1.54) is 23.2 Å². The van der Waals surface area contributed by atoms with Crippen LogP contribution in [-0.2, 0) is 11.3 Å². The van der Waals surface area contributed by atoms with Crippen molar-refractivity contribution < 1.29 is 4.74 Å². The summed E-state index contributed by atoms with van der Waals surface area (Å²) in [5.41, 5.74) is 9.61.